The lowest BCUT2D eigenvalue weighted by Crippen LogP contribution is -2.43. The summed E-state index contributed by atoms with van der Waals surface area (Å²) in [6, 6.07) is 11.7. The summed E-state index contributed by atoms with van der Waals surface area (Å²) in [4.78, 5) is 49.2. The summed E-state index contributed by atoms with van der Waals surface area (Å²) in [5, 5.41) is 13.4. The maximum Gasteiger partial charge on any atom is 0.328 e. The van der Waals surface area contributed by atoms with E-state index in [4.69, 9.17) is 15.6 Å². The molecule has 0 heterocycles. The summed E-state index contributed by atoms with van der Waals surface area (Å²) in [7, 11) is 0. The van der Waals surface area contributed by atoms with E-state index in [0.29, 0.717) is 12.0 Å². The number of unbranched alkanes of at least 4 members (excludes halogenated alkanes) is 10. The molecule has 8 nitrogen and oxygen atoms in total. The standard InChI is InChI=1S/C33H48N2O6/c1-2-3-4-5-6-7-8-9-10-11-12-19-26(24-30(34)36)41-33(40)29(22-16-23-31(37)38)35-32(39)28-21-15-18-25-17-13-14-20-27(25)28/h13-15,17-18,20-21,26,29H,2-12,16,19,22-24H2,1H3,(H2,34,36)(H,35,39)(H,37,38)/t26-,29-/m0/s1. The lowest BCUT2D eigenvalue weighted by Gasteiger charge is -2.22. The monoisotopic (exact) mass is 568 g/mol. The highest BCUT2D eigenvalue weighted by Crippen LogP contribution is 2.20. The van der Waals surface area contributed by atoms with Crippen LogP contribution in [0.5, 0.6) is 0 Å². The fraction of sp³-hybridized carbons (Fsp3) is 0.576. The molecule has 41 heavy (non-hydrogen) atoms. The molecule has 0 saturated carbocycles. The Labute approximate surface area is 244 Å². The number of esters is 1. The Bertz CT molecular complexity index is 1100. The Kier molecular flexibility index (Phi) is 16.2. The van der Waals surface area contributed by atoms with Crippen LogP contribution in [0.15, 0.2) is 42.5 Å². The van der Waals surface area contributed by atoms with Crippen LogP contribution in [0, 0.1) is 0 Å². The minimum absolute atomic E-state index is 0.0946. The Hall–Kier alpha value is -3.42. The van der Waals surface area contributed by atoms with Gasteiger partial charge in [0.25, 0.3) is 5.91 Å². The van der Waals surface area contributed by atoms with E-state index in [1.807, 2.05) is 30.3 Å². The highest BCUT2D eigenvalue weighted by molar-refractivity contribution is 6.08. The number of benzene rings is 2. The number of ether oxygens (including phenoxy) is 1. The van der Waals surface area contributed by atoms with Gasteiger partial charge in [-0.3, -0.25) is 14.4 Å². The first kappa shape index (κ1) is 33.8. The summed E-state index contributed by atoms with van der Waals surface area (Å²) in [5.41, 5.74) is 5.84. The number of carboxylic acid groups (broad SMARTS) is 1. The second-order valence-corrected chi connectivity index (χ2v) is 10.9. The normalized spacial score (nSPS) is 12.5. The zero-order chi connectivity index (χ0) is 29.9. The highest BCUT2D eigenvalue weighted by atomic mass is 16.5. The fourth-order valence-corrected chi connectivity index (χ4v) is 5.08. The number of carbonyl (C=O) groups is 4. The minimum Gasteiger partial charge on any atom is -0.481 e. The molecule has 2 aromatic rings. The lowest BCUT2D eigenvalue weighted by molar-refractivity contribution is -0.153. The number of amides is 2. The van der Waals surface area contributed by atoms with Gasteiger partial charge in [-0.05, 0) is 42.5 Å². The van der Waals surface area contributed by atoms with E-state index in [2.05, 4.69) is 12.2 Å². The van der Waals surface area contributed by atoms with Crippen LogP contribution in [-0.4, -0.2) is 41.0 Å². The number of primary amides is 1. The van der Waals surface area contributed by atoms with Gasteiger partial charge in [-0.1, -0.05) is 108 Å². The maximum atomic E-state index is 13.2. The van der Waals surface area contributed by atoms with Crippen molar-refractivity contribution in [3.05, 3.63) is 48.0 Å². The third kappa shape index (κ3) is 13.7. The summed E-state index contributed by atoms with van der Waals surface area (Å²) in [6.07, 6.45) is 12.9. The predicted molar refractivity (Wildman–Crippen MR) is 161 cm³/mol. The molecule has 8 heteroatoms. The minimum atomic E-state index is -1.05. The predicted octanol–water partition coefficient (Wildman–Crippen LogP) is 6.68. The summed E-state index contributed by atoms with van der Waals surface area (Å²) in [6.45, 7) is 2.22. The summed E-state index contributed by atoms with van der Waals surface area (Å²) < 4.78 is 5.70. The molecule has 4 N–H and O–H groups in total. The average Bonchev–Trinajstić information content (AvgIpc) is 2.94. The number of aliphatic carboxylic acids is 1. The number of hydrogen-bond acceptors (Lipinski definition) is 5. The van der Waals surface area contributed by atoms with Crippen LogP contribution >= 0.6 is 0 Å². The van der Waals surface area contributed by atoms with Gasteiger partial charge >= 0.3 is 11.9 Å². The van der Waals surface area contributed by atoms with Gasteiger partial charge in [0.2, 0.25) is 5.91 Å². The third-order valence-corrected chi connectivity index (χ3v) is 7.35. The molecule has 226 valence electrons. The molecular weight excluding hydrogens is 520 g/mol. The quantitative estimate of drug-likeness (QED) is 0.107. The number of fused-ring (bicyclic) bond motifs is 1. The maximum absolute atomic E-state index is 13.2. The number of carboxylic acids is 1. The van der Waals surface area contributed by atoms with Crippen molar-refractivity contribution in [2.24, 2.45) is 5.73 Å². The van der Waals surface area contributed by atoms with Gasteiger partial charge in [0.05, 0.1) is 6.42 Å². The third-order valence-electron chi connectivity index (χ3n) is 7.35. The van der Waals surface area contributed by atoms with Crippen molar-refractivity contribution in [1.29, 1.82) is 0 Å². The first-order valence-electron chi connectivity index (χ1n) is 15.3. The van der Waals surface area contributed by atoms with Crippen molar-refractivity contribution in [3.8, 4) is 0 Å². The molecule has 0 spiro atoms. The van der Waals surface area contributed by atoms with Gasteiger partial charge in [-0.15, -0.1) is 0 Å². The van der Waals surface area contributed by atoms with E-state index < -0.39 is 35.9 Å². The molecule has 2 rings (SSSR count). The van der Waals surface area contributed by atoms with E-state index in [0.717, 1.165) is 30.0 Å². The van der Waals surface area contributed by atoms with Crippen molar-refractivity contribution in [2.45, 2.75) is 122 Å². The van der Waals surface area contributed by atoms with Gasteiger partial charge in [0.15, 0.2) is 0 Å². The molecule has 0 bridgehead atoms. The average molecular weight is 569 g/mol. The van der Waals surface area contributed by atoms with Crippen molar-refractivity contribution in [1.82, 2.24) is 5.32 Å². The van der Waals surface area contributed by atoms with Crippen molar-refractivity contribution < 1.29 is 29.0 Å². The summed E-state index contributed by atoms with van der Waals surface area (Å²) >= 11 is 0. The van der Waals surface area contributed by atoms with E-state index in [9.17, 15) is 19.2 Å². The van der Waals surface area contributed by atoms with Crippen LogP contribution in [0.1, 0.15) is 120 Å². The van der Waals surface area contributed by atoms with Gasteiger partial charge in [-0.25, -0.2) is 4.79 Å². The molecule has 2 atom stereocenters. The molecule has 0 aliphatic heterocycles. The number of nitrogens with one attached hydrogen (secondary N) is 1. The van der Waals surface area contributed by atoms with Gasteiger partial charge in [0.1, 0.15) is 12.1 Å². The molecular formula is C33H48N2O6. The number of nitrogens with two attached hydrogens (primary N) is 1. The largest absolute Gasteiger partial charge is 0.481 e. The zero-order valence-corrected chi connectivity index (χ0v) is 24.6. The smallest absolute Gasteiger partial charge is 0.328 e. The second kappa shape index (κ2) is 19.6. The first-order valence-corrected chi connectivity index (χ1v) is 15.3. The molecule has 0 aromatic heterocycles. The molecule has 0 radical (unpaired) electrons. The van der Waals surface area contributed by atoms with E-state index >= 15 is 0 Å². The summed E-state index contributed by atoms with van der Waals surface area (Å²) in [5.74, 6) is -2.68. The van der Waals surface area contributed by atoms with Crippen LogP contribution in [0.25, 0.3) is 10.8 Å². The SMILES string of the molecule is CCCCCCCCCCCCC[C@@H](CC(N)=O)OC(=O)[C@H](CCCC(=O)O)NC(=O)c1cccc2ccccc12. The topological polar surface area (TPSA) is 136 Å². The Morgan fingerprint density at radius 3 is 2.05 bits per heavy atom. The van der Waals surface area contributed by atoms with E-state index in [1.54, 1.807) is 12.1 Å². The zero-order valence-electron chi connectivity index (χ0n) is 24.6. The second-order valence-electron chi connectivity index (χ2n) is 10.9. The molecule has 0 unspecified atom stereocenters. The van der Waals surface area contributed by atoms with Crippen LogP contribution in [0.4, 0.5) is 0 Å². The number of carbonyl (C=O) groups excluding carboxylic acids is 3. The molecule has 2 amide bonds. The molecule has 0 saturated heterocycles. The van der Waals surface area contributed by atoms with Crippen molar-refractivity contribution in [2.75, 3.05) is 0 Å². The molecule has 0 aliphatic rings. The molecule has 2 aromatic carbocycles. The van der Waals surface area contributed by atoms with Crippen molar-refractivity contribution in [3.63, 3.8) is 0 Å². The van der Waals surface area contributed by atoms with Crippen molar-refractivity contribution >= 4 is 34.5 Å². The van der Waals surface area contributed by atoms with Gasteiger partial charge < -0.3 is 20.9 Å². The van der Waals surface area contributed by atoms with Gasteiger partial charge in [-0.2, -0.15) is 0 Å². The van der Waals surface area contributed by atoms with E-state index in [1.165, 1.54) is 51.4 Å². The Morgan fingerprint density at radius 1 is 0.805 bits per heavy atom. The Balaban J connectivity index is 1.92. The van der Waals surface area contributed by atoms with Crippen LogP contribution in [-0.2, 0) is 19.1 Å². The molecule has 0 aliphatic carbocycles. The Morgan fingerprint density at radius 2 is 1.41 bits per heavy atom. The lowest BCUT2D eigenvalue weighted by atomic mass is 10.0. The van der Waals surface area contributed by atoms with Crippen LogP contribution < -0.4 is 11.1 Å². The first-order chi connectivity index (χ1) is 19.8. The van der Waals surface area contributed by atoms with Crippen LogP contribution in [0.2, 0.25) is 0 Å². The van der Waals surface area contributed by atoms with Gasteiger partial charge in [0, 0.05) is 12.0 Å². The molecule has 0 fully saturated rings. The van der Waals surface area contributed by atoms with E-state index in [-0.39, 0.29) is 25.7 Å². The fourth-order valence-electron chi connectivity index (χ4n) is 5.08. The number of rotatable bonds is 22. The number of hydrogen-bond donors (Lipinski definition) is 3. The van der Waals surface area contributed by atoms with Crippen LogP contribution in [0.3, 0.4) is 0 Å². The highest BCUT2D eigenvalue weighted by Gasteiger charge is 2.27.